The minimum atomic E-state index is -0.799. The maximum absolute atomic E-state index is 12.5. The summed E-state index contributed by atoms with van der Waals surface area (Å²) in [6.45, 7) is 3.08. The Labute approximate surface area is 125 Å². The summed E-state index contributed by atoms with van der Waals surface area (Å²) >= 11 is 0. The van der Waals surface area contributed by atoms with Gasteiger partial charge in [-0.3, -0.25) is 4.79 Å². The lowest BCUT2D eigenvalue weighted by atomic mass is 9.87. The van der Waals surface area contributed by atoms with Gasteiger partial charge in [0.2, 0.25) is 0 Å². The zero-order chi connectivity index (χ0) is 15.4. The molecule has 1 aliphatic carbocycles. The molecule has 6 heteroatoms. The maximum Gasteiger partial charge on any atom is 0.320 e. The number of aliphatic carboxylic acids is 1. The first-order valence-corrected chi connectivity index (χ1v) is 7.93. The van der Waals surface area contributed by atoms with E-state index in [0.29, 0.717) is 19.6 Å². The van der Waals surface area contributed by atoms with Gasteiger partial charge in [0, 0.05) is 31.6 Å². The number of nitrogens with zero attached hydrogens (tertiary/aromatic N) is 2. The predicted molar refractivity (Wildman–Crippen MR) is 77.9 cm³/mol. The third-order valence-electron chi connectivity index (χ3n) is 4.88. The Kier molecular flexibility index (Phi) is 5.45. The fourth-order valence-corrected chi connectivity index (χ4v) is 3.30. The van der Waals surface area contributed by atoms with Gasteiger partial charge in [0.1, 0.15) is 0 Å². The SMILES string of the molecule is CC(C(=O)O)C1CN(C(=O)N(CCO)C2CCCCC2)C1. The summed E-state index contributed by atoms with van der Waals surface area (Å²) in [6.07, 6.45) is 5.51. The van der Waals surface area contributed by atoms with E-state index in [1.165, 1.54) is 6.42 Å². The maximum atomic E-state index is 12.5. The van der Waals surface area contributed by atoms with Crippen LogP contribution in [0.4, 0.5) is 4.79 Å². The van der Waals surface area contributed by atoms with Crippen LogP contribution in [0.2, 0.25) is 0 Å². The first-order chi connectivity index (χ1) is 10.0. The van der Waals surface area contributed by atoms with Crippen molar-refractivity contribution in [2.75, 3.05) is 26.2 Å². The van der Waals surface area contributed by atoms with E-state index in [4.69, 9.17) is 5.11 Å². The number of carboxylic acids is 1. The van der Waals surface area contributed by atoms with Gasteiger partial charge >= 0.3 is 12.0 Å². The number of aliphatic hydroxyl groups excluding tert-OH is 1. The smallest absolute Gasteiger partial charge is 0.320 e. The molecule has 0 bridgehead atoms. The van der Waals surface area contributed by atoms with Crippen LogP contribution in [0.25, 0.3) is 0 Å². The van der Waals surface area contributed by atoms with Crippen molar-refractivity contribution in [2.24, 2.45) is 11.8 Å². The third kappa shape index (κ3) is 3.67. The van der Waals surface area contributed by atoms with Crippen molar-refractivity contribution in [1.29, 1.82) is 0 Å². The van der Waals surface area contributed by atoms with E-state index >= 15 is 0 Å². The monoisotopic (exact) mass is 298 g/mol. The highest BCUT2D eigenvalue weighted by molar-refractivity contribution is 5.76. The van der Waals surface area contributed by atoms with E-state index in [0.717, 1.165) is 25.7 Å². The van der Waals surface area contributed by atoms with Gasteiger partial charge in [-0.25, -0.2) is 4.79 Å². The first kappa shape index (κ1) is 16.1. The van der Waals surface area contributed by atoms with Gasteiger partial charge in [-0.1, -0.05) is 26.2 Å². The van der Waals surface area contributed by atoms with Crippen molar-refractivity contribution in [1.82, 2.24) is 9.80 Å². The van der Waals surface area contributed by atoms with Gasteiger partial charge in [0.05, 0.1) is 12.5 Å². The molecule has 2 aliphatic rings. The van der Waals surface area contributed by atoms with Crippen molar-refractivity contribution in [3.63, 3.8) is 0 Å². The molecule has 1 aliphatic heterocycles. The highest BCUT2D eigenvalue weighted by atomic mass is 16.4. The van der Waals surface area contributed by atoms with Crippen LogP contribution in [0.5, 0.6) is 0 Å². The van der Waals surface area contributed by atoms with Crippen LogP contribution in [0.1, 0.15) is 39.0 Å². The molecular weight excluding hydrogens is 272 g/mol. The molecule has 1 atom stereocenters. The second kappa shape index (κ2) is 7.11. The highest BCUT2D eigenvalue weighted by Gasteiger charge is 2.40. The molecule has 0 aromatic rings. The van der Waals surface area contributed by atoms with Gasteiger partial charge < -0.3 is 20.0 Å². The molecule has 0 aromatic heterocycles. The Bertz CT molecular complexity index is 376. The molecular formula is C15H26N2O4. The lowest BCUT2D eigenvalue weighted by Crippen LogP contribution is -2.59. The Balaban J connectivity index is 1.89. The molecule has 1 saturated carbocycles. The van der Waals surface area contributed by atoms with E-state index in [1.807, 2.05) is 0 Å². The zero-order valence-corrected chi connectivity index (χ0v) is 12.7. The van der Waals surface area contributed by atoms with E-state index in [1.54, 1.807) is 16.7 Å². The number of carboxylic acid groups (broad SMARTS) is 1. The minimum Gasteiger partial charge on any atom is -0.481 e. The second-order valence-corrected chi connectivity index (χ2v) is 6.28. The summed E-state index contributed by atoms with van der Waals surface area (Å²) in [5, 5.41) is 18.2. The molecule has 1 saturated heterocycles. The molecule has 0 aromatic carbocycles. The van der Waals surface area contributed by atoms with Crippen LogP contribution in [0.15, 0.2) is 0 Å². The summed E-state index contributed by atoms with van der Waals surface area (Å²) in [4.78, 5) is 27.0. The standard InChI is InChI=1S/C15H26N2O4/c1-11(14(19)20)12-9-16(10-12)15(21)17(7-8-18)13-5-3-2-4-6-13/h11-13,18H,2-10H2,1H3,(H,19,20). The molecule has 2 rings (SSSR count). The van der Waals surface area contributed by atoms with Gasteiger partial charge in [-0.05, 0) is 12.8 Å². The van der Waals surface area contributed by atoms with Crippen LogP contribution in [0.3, 0.4) is 0 Å². The average Bonchev–Trinajstić information content (AvgIpc) is 2.43. The molecule has 6 nitrogen and oxygen atoms in total. The number of likely N-dealkylation sites (tertiary alicyclic amines) is 1. The number of urea groups is 1. The van der Waals surface area contributed by atoms with Gasteiger partial charge in [-0.15, -0.1) is 0 Å². The third-order valence-corrected chi connectivity index (χ3v) is 4.88. The number of hydrogen-bond donors (Lipinski definition) is 2. The zero-order valence-electron chi connectivity index (χ0n) is 12.7. The topological polar surface area (TPSA) is 81.1 Å². The van der Waals surface area contributed by atoms with E-state index < -0.39 is 11.9 Å². The summed E-state index contributed by atoms with van der Waals surface area (Å²) in [6, 6.07) is 0.194. The number of rotatable bonds is 5. The van der Waals surface area contributed by atoms with Crippen molar-refractivity contribution in [3.8, 4) is 0 Å². The highest BCUT2D eigenvalue weighted by Crippen LogP contribution is 2.28. The summed E-state index contributed by atoms with van der Waals surface area (Å²) in [5.41, 5.74) is 0. The lowest BCUT2D eigenvalue weighted by molar-refractivity contribution is -0.145. The van der Waals surface area contributed by atoms with E-state index in [-0.39, 0.29) is 24.6 Å². The largest absolute Gasteiger partial charge is 0.481 e. The summed E-state index contributed by atoms with van der Waals surface area (Å²) in [7, 11) is 0. The van der Waals surface area contributed by atoms with Crippen LogP contribution in [0, 0.1) is 11.8 Å². The van der Waals surface area contributed by atoms with Crippen molar-refractivity contribution in [2.45, 2.75) is 45.1 Å². The number of hydrogen-bond acceptors (Lipinski definition) is 3. The van der Waals surface area contributed by atoms with Crippen molar-refractivity contribution >= 4 is 12.0 Å². The minimum absolute atomic E-state index is 0.0228. The normalized spacial score (nSPS) is 21.7. The van der Waals surface area contributed by atoms with Gasteiger partial charge in [0.15, 0.2) is 0 Å². The first-order valence-electron chi connectivity index (χ1n) is 7.93. The number of carbonyl (C=O) groups excluding carboxylic acids is 1. The van der Waals surface area contributed by atoms with Crippen LogP contribution >= 0.6 is 0 Å². The summed E-state index contributed by atoms with van der Waals surface area (Å²) < 4.78 is 0. The van der Waals surface area contributed by atoms with Crippen LogP contribution in [-0.4, -0.2) is 64.3 Å². The molecule has 0 spiro atoms. The average molecular weight is 298 g/mol. The number of aliphatic hydroxyl groups is 1. The summed E-state index contributed by atoms with van der Waals surface area (Å²) in [5.74, 6) is -1.16. The van der Waals surface area contributed by atoms with E-state index in [9.17, 15) is 14.7 Å². The molecule has 120 valence electrons. The molecule has 1 heterocycles. The Morgan fingerprint density at radius 1 is 1.24 bits per heavy atom. The Hall–Kier alpha value is -1.30. The molecule has 21 heavy (non-hydrogen) atoms. The Morgan fingerprint density at radius 2 is 1.86 bits per heavy atom. The fraction of sp³-hybridized carbons (Fsp3) is 0.867. The molecule has 2 N–H and O–H groups in total. The van der Waals surface area contributed by atoms with Gasteiger partial charge in [-0.2, -0.15) is 0 Å². The molecule has 1 unspecified atom stereocenters. The number of amides is 2. The van der Waals surface area contributed by atoms with Gasteiger partial charge in [0.25, 0.3) is 0 Å². The number of carbonyl (C=O) groups is 2. The molecule has 2 amide bonds. The van der Waals surface area contributed by atoms with Crippen molar-refractivity contribution in [3.05, 3.63) is 0 Å². The molecule has 0 radical (unpaired) electrons. The second-order valence-electron chi connectivity index (χ2n) is 6.28. The lowest BCUT2D eigenvalue weighted by Gasteiger charge is -2.45. The quantitative estimate of drug-likeness (QED) is 0.803. The van der Waals surface area contributed by atoms with Crippen LogP contribution < -0.4 is 0 Å². The predicted octanol–water partition coefficient (Wildman–Crippen LogP) is 1.39. The Morgan fingerprint density at radius 3 is 2.38 bits per heavy atom. The van der Waals surface area contributed by atoms with E-state index in [2.05, 4.69) is 0 Å². The molecule has 2 fully saturated rings. The fourth-order valence-electron chi connectivity index (χ4n) is 3.30. The van der Waals surface area contributed by atoms with Crippen molar-refractivity contribution < 1.29 is 19.8 Å². The van der Waals surface area contributed by atoms with Crippen LogP contribution in [-0.2, 0) is 4.79 Å².